The van der Waals surface area contributed by atoms with Gasteiger partial charge in [0.2, 0.25) is 0 Å². The smallest absolute Gasteiger partial charge is 0.257 e. The van der Waals surface area contributed by atoms with Gasteiger partial charge in [0, 0.05) is 34.3 Å². The third-order valence-corrected chi connectivity index (χ3v) is 16.2. The molecule has 0 spiro atoms. The molecule has 30 heavy (non-hydrogen) atoms. The van der Waals surface area contributed by atoms with Crippen molar-refractivity contribution in [2.45, 2.75) is 131 Å². The standard InChI is InChI=1S/C24H50F2N2Si2/c1-17(2)29(25,18(3)4)15-21(23(9,10)11)27-28-22(24(12,13)14)16-30(26,19(5)6)20(7)8/h17-20H,15-16H2,1-14H3/b27-21+,28-22+. The summed E-state index contributed by atoms with van der Waals surface area (Å²) >= 11 is 0. The molecule has 0 bridgehead atoms. The number of halogens is 2. The lowest BCUT2D eigenvalue weighted by Gasteiger charge is -2.35. The van der Waals surface area contributed by atoms with Crippen LogP contribution in [0.2, 0.25) is 34.3 Å². The van der Waals surface area contributed by atoms with Crippen molar-refractivity contribution in [2.75, 3.05) is 0 Å². The molecule has 0 fully saturated rings. The van der Waals surface area contributed by atoms with Crippen LogP contribution in [-0.2, 0) is 0 Å². The summed E-state index contributed by atoms with van der Waals surface area (Å²) in [6, 6.07) is 0.776. The molecule has 0 unspecified atom stereocenters. The van der Waals surface area contributed by atoms with Crippen molar-refractivity contribution in [2.24, 2.45) is 21.0 Å². The van der Waals surface area contributed by atoms with Crippen LogP contribution in [0.4, 0.5) is 8.22 Å². The zero-order valence-corrected chi connectivity index (χ0v) is 24.4. The predicted octanol–water partition coefficient (Wildman–Crippen LogP) is 9.35. The van der Waals surface area contributed by atoms with Gasteiger partial charge in [-0.25, -0.2) is 0 Å². The highest BCUT2D eigenvalue weighted by Gasteiger charge is 2.46. The Morgan fingerprint density at radius 1 is 0.567 bits per heavy atom. The van der Waals surface area contributed by atoms with Gasteiger partial charge in [0.05, 0.1) is 0 Å². The van der Waals surface area contributed by atoms with Crippen LogP contribution < -0.4 is 0 Å². The molecule has 0 aliphatic carbocycles. The zero-order chi connectivity index (χ0) is 24.3. The molecule has 0 aromatic rings. The molecule has 0 heterocycles. The summed E-state index contributed by atoms with van der Waals surface area (Å²) < 4.78 is 32.0. The molecule has 0 N–H and O–H groups in total. The van der Waals surface area contributed by atoms with Crippen molar-refractivity contribution in [3.8, 4) is 0 Å². The molecule has 0 aromatic carbocycles. The fraction of sp³-hybridized carbons (Fsp3) is 0.917. The lowest BCUT2D eigenvalue weighted by atomic mass is 9.90. The maximum Gasteiger partial charge on any atom is 0.257 e. The topological polar surface area (TPSA) is 24.7 Å². The first-order valence-corrected chi connectivity index (χ1v) is 16.2. The van der Waals surface area contributed by atoms with Gasteiger partial charge in [0.25, 0.3) is 16.8 Å². The molecular formula is C24H50F2N2Si2. The maximum absolute atomic E-state index is 16.0. The molecule has 0 radical (unpaired) electrons. The second-order valence-electron chi connectivity index (χ2n) is 12.4. The Kier molecular flexibility index (Phi) is 10.4. The van der Waals surface area contributed by atoms with E-state index in [1.54, 1.807) is 0 Å². The summed E-state index contributed by atoms with van der Waals surface area (Å²) in [5, 5.41) is 9.34. The first-order valence-electron chi connectivity index (χ1n) is 11.7. The number of hydrogen-bond donors (Lipinski definition) is 0. The van der Waals surface area contributed by atoms with Gasteiger partial charge in [0.15, 0.2) is 0 Å². The highest BCUT2D eigenvalue weighted by molar-refractivity contribution is 6.79. The Labute approximate surface area is 188 Å². The van der Waals surface area contributed by atoms with Crippen LogP contribution in [0.15, 0.2) is 10.2 Å². The van der Waals surface area contributed by atoms with Gasteiger partial charge in [-0.15, -0.1) is 0 Å². The van der Waals surface area contributed by atoms with Crippen molar-refractivity contribution in [1.29, 1.82) is 0 Å². The predicted molar refractivity (Wildman–Crippen MR) is 138 cm³/mol. The SMILES string of the molecule is CC(C)[Si](F)(C/C(=N\N=C(/C[Si](F)(C(C)C)C(C)C)C(C)(C)C)C(C)(C)C)C(C)C. The highest BCUT2D eigenvalue weighted by atomic mass is 28.4. The average molecular weight is 461 g/mol. The minimum absolute atomic E-state index is 0.0175. The monoisotopic (exact) mass is 460 g/mol. The van der Waals surface area contributed by atoms with Gasteiger partial charge in [-0.1, -0.05) is 96.9 Å². The van der Waals surface area contributed by atoms with Crippen LogP contribution in [-0.4, -0.2) is 28.2 Å². The maximum atomic E-state index is 16.0. The molecule has 0 aromatic heterocycles. The summed E-state index contributed by atoms with van der Waals surface area (Å²) in [4.78, 5) is 0. The number of rotatable bonds is 9. The third kappa shape index (κ3) is 7.65. The van der Waals surface area contributed by atoms with E-state index in [4.69, 9.17) is 0 Å². The van der Waals surface area contributed by atoms with E-state index < -0.39 is 16.8 Å². The van der Waals surface area contributed by atoms with E-state index >= 15 is 8.22 Å². The summed E-state index contributed by atoms with van der Waals surface area (Å²) in [6.45, 7) is 28.4. The molecule has 0 aliphatic heterocycles. The highest BCUT2D eigenvalue weighted by Crippen LogP contribution is 2.41. The zero-order valence-electron chi connectivity index (χ0n) is 22.4. The average Bonchev–Trinajstić information content (AvgIpc) is 2.53. The van der Waals surface area contributed by atoms with Crippen molar-refractivity contribution in [3.05, 3.63) is 0 Å². The fourth-order valence-electron chi connectivity index (χ4n) is 3.68. The number of nitrogens with zero attached hydrogens (tertiary/aromatic N) is 2. The Morgan fingerprint density at radius 2 is 0.767 bits per heavy atom. The minimum atomic E-state index is -3.04. The van der Waals surface area contributed by atoms with Crippen LogP contribution in [0.3, 0.4) is 0 Å². The molecular weight excluding hydrogens is 410 g/mol. The van der Waals surface area contributed by atoms with E-state index in [0.717, 1.165) is 11.4 Å². The normalized spacial score (nSPS) is 15.9. The third-order valence-electron chi connectivity index (χ3n) is 6.74. The van der Waals surface area contributed by atoms with Gasteiger partial charge in [-0.05, 0) is 22.2 Å². The van der Waals surface area contributed by atoms with Gasteiger partial charge in [-0.3, -0.25) is 0 Å². The summed E-state index contributed by atoms with van der Waals surface area (Å²) in [5.74, 6) is 0. The van der Waals surface area contributed by atoms with Crippen LogP contribution in [0.5, 0.6) is 0 Å². The lowest BCUT2D eigenvalue weighted by molar-refractivity contribution is 0.569. The van der Waals surface area contributed by atoms with E-state index in [9.17, 15) is 0 Å². The second kappa shape index (κ2) is 10.5. The molecule has 6 heteroatoms. The van der Waals surface area contributed by atoms with E-state index in [0.29, 0.717) is 12.1 Å². The second-order valence-corrected chi connectivity index (χ2v) is 21.5. The van der Waals surface area contributed by atoms with Crippen LogP contribution in [0.25, 0.3) is 0 Å². The van der Waals surface area contributed by atoms with Crippen molar-refractivity contribution < 1.29 is 8.22 Å². The van der Waals surface area contributed by atoms with Crippen molar-refractivity contribution in [3.63, 3.8) is 0 Å². The van der Waals surface area contributed by atoms with E-state index in [2.05, 4.69) is 51.7 Å². The van der Waals surface area contributed by atoms with Gasteiger partial charge < -0.3 is 8.22 Å². The van der Waals surface area contributed by atoms with Crippen molar-refractivity contribution >= 4 is 28.2 Å². The molecule has 0 saturated heterocycles. The first kappa shape index (κ1) is 29.6. The molecule has 0 rings (SSSR count). The largest absolute Gasteiger partial charge is 0.313 e. The van der Waals surface area contributed by atoms with Gasteiger partial charge in [0.1, 0.15) is 0 Å². The Morgan fingerprint density at radius 3 is 0.900 bits per heavy atom. The Balaban J connectivity index is 6.40. The quantitative estimate of drug-likeness (QED) is 0.142. The minimum Gasteiger partial charge on any atom is -0.313 e. The van der Waals surface area contributed by atoms with Crippen LogP contribution in [0.1, 0.15) is 96.9 Å². The molecule has 178 valence electrons. The lowest BCUT2D eigenvalue weighted by Crippen LogP contribution is -2.42. The molecule has 0 amide bonds. The Bertz CT molecular complexity index is 540. The van der Waals surface area contributed by atoms with Gasteiger partial charge in [-0.2, -0.15) is 10.2 Å². The summed E-state index contributed by atoms with van der Waals surface area (Å²) in [7, 11) is -6.09. The molecule has 0 atom stereocenters. The van der Waals surface area contributed by atoms with E-state index in [-0.39, 0.29) is 33.0 Å². The van der Waals surface area contributed by atoms with Crippen LogP contribution >= 0.6 is 0 Å². The first-order chi connectivity index (χ1) is 13.2. The Hall–Kier alpha value is -0.366. The van der Waals surface area contributed by atoms with Crippen LogP contribution in [0, 0.1) is 10.8 Å². The summed E-state index contributed by atoms with van der Waals surface area (Å²) in [6.07, 6.45) is 0. The fourth-order valence-corrected chi connectivity index (χ4v) is 10.2. The van der Waals surface area contributed by atoms with Crippen molar-refractivity contribution in [1.82, 2.24) is 0 Å². The molecule has 0 aliphatic rings. The summed E-state index contributed by atoms with van der Waals surface area (Å²) in [5.41, 5.74) is 1.13. The van der Waals surface area contributed by atoms with Gasteiger partial charge >= 0.3 is 0 Å². The molecule has 2 nitrogen and oxygen atoms in total. The van der Waals surface area contributed by atoms with E-state index in [1.807, 2.05) is 55.4 Å². The number of hydrogen-bond acceptors (Lipinski definition) is 2. The molecule has 0 saturated carbocycles. The van der Waals surface area contributed by atoms with E-state index in [1.165, 1.54) is 0 Å².